The predicted molar refractivity (Wildman–Crippen MR) is 251 cm³/mol. The van der Waals surface area contributed by atoms with Crippen LogP contribution in [-0.4, -0.2) is 37.2 Å². The molecule has 0 saturated carbocycles. The van der Waals surface area contributed by atoms with E-state index in [1.165, 1.54) is 103 Å². The van der Waals surface area contributed by atoms with Crippen LogP contribution in [0.4, 0.5) is 0 Å². The Morgan fingerprint density at radius 2 is 0.661 bits per heavy atom. The van der Waals surface area contributed by atoms with Gasteiger partial charge in [0.05, 0.1) is 0 Å². The number of unbranched alkanes of at least 4 members (excludes halogenated alkanes) is 23. The Kier molecular flexibility index (Phi) is 45.4. The third-order valence-corrected chi connectivity index (χ3v) is 10.5. The number of carbonyl (C=O) groups excluding carboxylic acids is 3. The molecule has 0 radical (unpaired) electrons. The highest BCUT2D eigenvalue weighted by Gasteiger charge is 2.19. The van der Waals surface area contributed by atoms with Crippen LogP contribution in [0.25, 0.3) is 0 Å². The highest BCUT2D eigenvalue weighted by atomic mass is 16.6. The molecule has 0 unspecified atom stereocenters. The fourth-order valence-corrected chi connectivity index (χ4v) is 6.78. The first-order valence-corrected chi connectivity index (χ1v) is 24.8. The van der Waals surface area contributed by atoms with Crippen LogP contribution >= 0.6 is 0 Å². The van der Waals surface area contributed by atoms with Gasteiger partial charge in [-0.1, -0.05) is 197 Å². The molecule has 1 atom stereocenters. The first-order valence-electron chi connectivity index (χ1n) is 24.8. The largest absolute Gasteiger partial charge is 0.462 e. The van der Waals surface area contributed by atoms with E-state index in [0.29, 0.717) is 19.3 Å². The van der Waals surface area contributed by atoms with Crippen molar-refractivity contribution in [1.29, 1.82) is 0 Å². The molecule has 0 aliphatic carbocycles. The van der Waals surface area contributed by atoms with Gasteiger partial charge in [-0.25, -0.2) is 0 Å². The van der Waals surface area contributed by atoms with Crippen LogP contribution in [0.15, 0.2) is 60.8 Å². The molecular weight excluding hydrogens is 733 g/mol. The molecule has 6 heteroatoms. The van der Waals surface area contributed by atoms with Gasteiger partial charge < -0.3 is 14.2 Å². The number of ether oxygens (including phenoxy) is 3. The van der Waals surface area contributed by atoms with E-state index in [1.54, 1.807) is 0 Å². The van der Waals surface area contributed by atoms with Gasteiger partial charge in [0.15, 0.2) is 6.10 Å². The molecule has 0 aromatic heterocycles. The number of rotatable bonds is 44. The Balaban J connectivity index is 4.45. The Hall–Kier alpha value is -2.89. The summed E-state index contributed by atoms with van der Waals surface area (Å²) in [6, 6.07) is 0. The summed E-state index contributed by atoms with van der Waals surface area (Å²) in [6.45, 7) is 6.46. The van der Waals surface area contributed by atoms with E-state index in [1.807, 2.05) is 0 Å². The van der Waals surface area contributed by atoms with Gasteiger partial charge in [-0.2, -0.15) is 0 Å². The molecule has 0 aliphatic rings. The molecule has 0 saturated heterocycles. The number of esters is 3. The molecule has 0 aliphatic heterocycles. The summed E-state index contributed by atoms with van der Waals surface area (Å²) < 4.78 is 16.7. The molecule has 0 fully saturated rings. The van der Waals surface area contributed by atoms with E-state index in [-0.39, 0.29) is 31.1 Å². The zero-order valence-corrected chi connectivity index (χ0v) is 38.8. The van der Waals surface area contributed by atoms with Gasteiger partial charge in [0.1, 0.15) is 13.2 Å². The average Bonchev–Trinajstić information content (AvgIpc) is 3.23. The molecule has 0 aromatic rings. The Morgan fingerprint density at radius 3 is 1.10 bits per heavy atom. The second-order valence-electron chi connectivity index (χ2n) is 16.3. The van der Waals surface area contributed by atoms with Crippen molar-refractivity contribution >= 4 is 17.9 Å². The molecule has 0 N–H and O–H groups in total. The second-order valence-corrected chi connectivity index (χ2v) is 16.3. The molecule has 0 aromatic carbocycles. The van der Waals surface area contributed by atoms with E-state index in [4.69, 9.17) is 14.2 Å². The highest BCUT2D eigenvalue weighted by Crippen LogP contribution is 2.14. The molecule has 0 rings (SSSR count). The van der Waals surface area contributed by atoms with Crippen molar-refractivity contribution in [2.75, 3.05) is 13.2 Å². The van der Waals surface area contributed by atoms with Crippen molar-refractivity contribution in [1.82, 2.24) is 0 Å². The number of hydrogen-bond donors (Lipinski definition) is 0. The summed E-state index contributed by atoms with van der Waals surface area (Å²) in [7, 11) is 0. The van der Waals surface area contributed by atoms with Crippen LogP contribution < -0.4 is 0 Å². The summed E-state index contributed by atoms with van der Waals surface area (Å²) in [5.41, 5.74) is 0. The van der Waals surface area contributed by atoms with Crippen LogP contribution in [0.5, 0.6) is 0 Å². The third kappa shape index (κ3) is 46.0. The van der Waals surface area contributed by atoms with Gasteiger partial charge in [0, 0.05) is 19.3 Å². The number of allylic oxidation sites excluding steroid dienone is 10. The van der Waals surface area contributed by atoms with Gasteiger partial charge in [0.25, 0.3) is 0 Å². The van der Waals surface area contributed by atoms with Crippen LogP contribution in [0, 0.1) is 0 Å². The van der Waals surface area contributed by atoms with Crippen LogP contribution in [0.3, 0.4) is 0 Å². The average molecular weight is 825 g/mol. The lowest BCUT2D eigenvalue weighted by Gasteiger charge is -2.18. The van der Waals surface area contributed by atoms with Gasteiger partial charge in [-0.3, -0.25) is 14.4 Å². The maximum Gasteiger partial charge on any atom is 0.306 e. The van der Waals surface area contributed by atoms with Gasteiger partial charge in [-0.15, -0.1) is 0 Å². The van der Waals surface area contributed by atoms with Crippen molar-refractivity contribution in [2.24, 2.45) is 0 Å². The minimum absolute atomic E-state index is 0.0890. The van der Waals surface area contributed by atoms with E-state index in [0.717, 1.165) is 96.3 Å². The summed E-state index contributed by atoms with van der Waals surface area (Å²) >= 11 is 0. The summed E-state index contributed by atoms with van der Waals surface area (Å²) in [5.74, 6) is -0.939. The molecule has 0 bridgehead atoms. The standard InChI is InChI=1S/C53H92O6/c1-4-7-10-13-16-19-22-25-26-29-31-34-37-40-43-46-52(55)58-49-50(59-53(56)47-44-41-38-35-32-28-24-21-18-15-12-9-6-3)48-57-51(54)45-42-39-36-33-30-27-23-20-17-14-11-8-5-2/h7,10,16,19,21,24-26,31,34,50H,4-6,8-9,11-15,17-18,20,22-23,27-30,32-33,35-49H2,1-3H3/b10-7-,19-16-,24-21-,26-25-,34-31-/t50-/m1/s1. The zero-order chi connectivity index (χ0) is 43.0. The van der Waals surface area contributed by atoms with E-state index < -0.39 is 6.10 Å². The highest BCUT2D eigenvalue weighted by molar-refractivity contribution is 5.71. The lowest BCUT2D eigenvalue weighted by molar-refractivity contribution is -0.167. The number of carbonyl (C=O) groups is 3. The first-order chi connectivity index (χ1) is 29.0. The fourth-order valence-electron chi connectivity index (χ4n) is 6.78. The minimum atomic E-state index is -0.792. The van der Waals surface area contributed by atoms with Crippen molar-refractivity contribution in [3.63, 3.8) is 0 Å². The number of hydrogen-bond acceptors (Lipinski definition) is 6. The van der Waals surface area contributed by atoms with E-state index in [9.17, 15) is 14.4 Å². The first kappa shape index (κ1) is 56.1. The molecule has 59 heavy (non-hydrogen) atoms. The smallest absolute Gasteiger partial charge is 0.306 e. The van der Waals surface area contributed by atoms with Gasteiger partial charge in [0.2, 0.25) is 0 Å². The van der Waals surface area contributed by atoms with Crippen molar-refractivity contribution in [2.45, 2.75) is 245 Å². The Bertz CT molecular complexity index is 1090. The maximum atomic E-state index is 12.8. The molecule has 0 heterocycles. The summed E-state index contributed by atoms with van der Waals surface area (Å²) in [4.78, 5) is 37.9. The Morgan fingerprint density at radius 1 is 0.356 bits per heavy atom. The fraction of sp³-hybridized carbons (Fsp3) is 0.755. The SMILES string of the molecule is CC/C=C\C/C=C\C/C=C\C/C=C\CCCCC(=O)OC[C@@H](COC(=O)CCCCCCCCCCCCCCC)OC(=O)CCCCCCC/C=C\CCCCCC. The minimum Gasteiger partial charge on any atom is -0.462 e. The van der Waals surface area contributed by atoms with Crippen LogP contribution in [0.2, 0.25) is 0 Å². The zero-order valence-electron chi connectivity index (χ0n) is 38.8. The predicted octanol–water partition coefficient (Wildman–Crippen LogP) is 16.1. The van der Waals surface area contributed by atoms with Crippen molar-refractivity contribution in [3.8, 4) is 0 Å². The van der Waals surface area contributed by atoms with Crippen molar-refractivity contribution in [3.05, 3.63) is 60.8 Å². The molecular formula is C53H92O6. The second kappa shape index (κ2) is 47.8. The van der Waals surface area contributed by atoms with Crippen LogP contribution in [0.1, 0.15) is 239 Å². The van der Waals surface area contributed by atoms with Crippen molar-refractivity contribution < 1.29 is 28.6 Å². The molecule has 6 nitrogen and oxygen atoms in total. The summed E-state index contributed by atoms with van der Waals surface area (Å²) in [6.07, 6.45) is 57.7. The lowest BCUT2D eigenvalue weighted by atomic mass is 10.0. The maximum absolute atomic E-state index is 12.8. The Labute approximate surface area is 364 Å². The van der Waals surface area contributed by atoms with Gasteiger partial charge >= 0.3 is 17.9 Å². The summed E-state index contributed by atoms with van der Waals surface area (Å²) in [5, 5.41) is 0. The molecule has 0 spiro atoms. The lowest BCUT2D eigenvalue weighted by Crippen LogP contribution is -2.30. The quantitative estimate of drug-likeness (QED) is 0.0263. The topological polar surface area (TPSA) is 78.9 Å². The van der Waals surface area contributed by atoms with E-state index in [2.05, 4.69) is 81.5 Å². The molecule has 340 valence electrons. The van der Waals surface area contributed by atoms with Gasteiger partial charge in [-0.05, 0) is 83.5 Å². The molecule has 0 amide bonds. The van der Waals surface area contributed by atoms with E-state index >= 15 is 0 Å². The normalized spacial score (nSPS) is 12.5. The van der Waals surface area contributed by atoms with Crippen LogP contribution in [-0.2, 0) is 28.6 Å². The monoisotopic (exact) mass is 825 g/mol. The third-order valence-electron chi connectivity index (χ3n) is 10.5.